The number of carbonyl (C=O) groups excluding carboxylic acids is 1. The Hall–Kier alpha value is -2.35. The summed E-state index contributed by atoms with van der Waals surface area (Å²) in [6.07, 6.45) is 6.20. The van der Waals surface area contributed by atoms with Crippen molar-refractivity contribution in [3.05, 3.63) is 76.9 Å². The van der Waals surface area contributed by atoms with Gasteiger partial charge in [0.1, 0.15) is 0 Å². The zero-order valence-electron chi connectivity index (χ0n) is 15.4. The monoisotopic (exact) mass is 333 g/mol. The van der Waals surface area contributed by atoms with Crippen LogP contribution in [0.15, 0.2) is 54.6 Å². The first kappa shape index (κ1) is 17.5. The van der Waals surface area contributed by atoms with Crippen LogP contribution in [0.2, 0.25) is 0 Å². The van der Waals surface area contributed by atoms with E-state index in [1.807, 2.05) is 30.3 Å². The molecule has 1 N–H and O–H groups in total. The lowest BCUT2D eigenvalue weighted by Crippen LogP contribution is -2.43. The van der Waals surface area contributed by atoms with Crippen molar-refractivity contribution in [3.63, 3.8) is 0 Å². The summed E-state index contributed by atoms with van der Waals surface area (Å²) in [4.78, 5) is 12.7. The molecule has 0 aliphatic carbocycles. The van der Waals surface area contributed by atoms with E-state index in [-0.39, 0.29) is 11.3 Å². The Morgan fingerprint density at radius 3 is 2.64 bits per heavy atom. The van der Waals surface area contributed by atoms with E-state index in [4.69, 9.17) is 0 Å². The Kier molecular flexibility index (Phi) is 5.08. The van der Waals surface area contributed by atoms with Crippen molar-refractivity contribution >= 4 is 11.5 Å². The standard InChI is InChI=1S/C23H27NO/c1-4-5-9-17-12-13-19-16-23(2,3)24-21(20(19)14-17)15-22(25)18-10-7-6-8-11-18/h6-8,10-15,24H,4-5,9,16H2,1-3H3. The molecule has 0 radical (unpaired) electrons. The molecular weight excluding hydrogens is 306 g/mol. The third-order valence-electron chi connectivity index (χ3n) is 4.72. The van der Waals surface area contributed by atoms with E-state index in [0.29, 0.717) is 0 Å². The highest BCUT2D eigenvalue weighted by molar-refractivity contribution is 6.08. The van der Waals surface area contributed by atoms with E-state index >= 15 is 0 Å². The molecule has 130 valence electrons. The Labute approximate surface area is 151 Å². The third kappa shape index (κ3) is 4.19. The highest BCUT2D eigenvalue weighted by atomic mass is 16.1. The molecule has 0 aromatic heterocycles. The quantitative estimate of drug-likeness (QED) is 0.603. The predicted molar refractivity (Wildman–Crippen MR) is 105 cm³/mol. The molecule has 1 heterocycles. The van der Waals surface area contributed by atoms with Gasteiger partial charge in [-0.15, -0.1) is 0 Å². The van der Waals surface area contributed by atoms with Crippen molar-refractivity contribution in [2.24, 2.45) is 0 Å². The molecule has 0 unspecified atom stereocenters. The van der Waals surface area contributed by atoms with Gasteiger partial charge in [-0.1, -0.05) is 55.8 Å². The Morgan fingerprint density at radius 2 is 1.92 bits per heavy atom. The van der Waals surface area contributed by atoms with Crippen molar-refractivity contribution in [2.45, 2.75) is 52.0 Å². The largest absolute Gasteiger partial charge is 0.379 e. The Bertz CT molecular complexity index is 787. The van der Waals surface area contributed by atoms with Gasteiger partial charge in [0.2, 0.25) is 0 Å². The summed E-state index contributed by atoms with van der Waals surface area (Å²) in [7, 11) is 0. The van der Waals surface area contributed by atoms with Crippen molar-refractivity contribution in [3.8, 4) is 0 Å². The molecule has 0 amide bonds. The lowest BCUT2D eigenvalue weighted by atomic mass is 9.84. The van der Waals surface area contributed by atoms with Gasteiger partial charge in [-0.3, -0.25) is 4.79 Å². The van der Waals surface area contributed by atoms with Gasteiger partial charge in [0.05, 0.1) is 0 Å². The number of benzene rings is 2. The summed E-state index contributed by atoms with van der Waals surface area (Å²) >= 11 is 0. The van der Waals surface area contributed by atoms with Crippen LogP contribution in [0, 0.1) is 0 Å². The summed E-state index contributed by atoms with van der Waals surface area (Å²) in [6.45, 7) is 6.58. The molecule has 1 aliphatic rings. The Morgan fingerprint density at radius 1 is 1.16 bits per heavy atom. The highest BCUT2D eigenvalue weighted by Gasteiger charge is 2.28. The molecule has 2 heteroatoms. The second-order valence-corrected chi connectivity index (χ2v) is 7.57. The number of nitrogens with one attached hydrogen (secondary N) is 1. The fraction of sp³-hybridized carbons (Fsp3) is 0.348. The van der Waals surface area contributed by atoms with E-state index in [1.54, 1.807) is 6.08 Å². The van der Waals surface area contributed by atoms with Crippen LogP contribution in [0.1, 0.15) is 60.7 Å². The van der Waals surface area contributed by atoms with E-state index in [9.17, 15) is 4.79 Å². The van der Waals surface area contributed by atoms with Crippen molar-refractivity contribution in [2.75, 3.05) is 0 Å². The summed E-state index contributed by atoms with van der Waals surface area (Å²) in [5.74, 6) is 0.0470. The van der Waals surface area contributed by atoms with Gasteiger partial charge in [0, 0.05) is 28.4 Å². The van der Waals surface area contributed by atoms with Crippen LogP contribution in [0.5, 0.6) is 0 Å². The van der Waals surface area contributed by atoms with Crippen molar-refractivity contribution < 1.29 is 4.79 Å². The smallest absolute Gasteiger partial charge is 0.187 e. The number of hydrogen-bond acceptors (Lipinski definition) is 2. The predicted octanol–water partition coefficient (Wildman–Crippen LogP) is 5.18. The van der Waals surface area contributed by atoms with Crippen LogP contribution in [0.25, 0.3) is 5.70 Å². The molecule has 2 nitrogen and oxygen atoms in total. The Balaban J connectivity index is 1.99. The fourth-order valence-electron chi connectivity index (χ4n) is 3.45. The van der Waals surface area contributed by atoms with Crippen LogP contribution in [-0.4, -0.2) is 11.3 Å². The summed E-state index contributed by atoms with van der Waals surface area (Å²) in [6, 6.07) is 16.2. The van der Waals surface area contributed by atoms with Gasteiger partial charge in [-0.05, 0) is 50.3 Å². The van der Waals surface area contributed by atoms with Gasteiger partial charge < -0.3 is 5.32 Å². The maximum absolute atomic E-state index is 12.7. The summed E-state index contributed by atoms with van der Waals surface area (Å²) in [5, 5.41) is 3.57. The third-order valence-corrected chi connectivity index (χ3v) is 4.72. The fourth-order valence-corrected chi connectivity index (χ4v) is 3.45. The summed E-state index contributed by atoms with van der Waals surface area (Å²) < 4.78 is 0. The zero-order valence-corrected chi connectivity index (χ0v) is 15.4. The highest BCUT2D eigenvalue weighted by Crippen LogP contribution is 2.31. The molecule has 2 aromatic carbocycles. The van der Waals surface area contributed by atoms with Crippen molar-refractivity contribution in [1.82, 2.24) is 5.32 Å². The SMILES string of the molecule is CCCCc1ccc2c(c1)C(=CC(=O)c1ccccc1)NC(C)(C)C2. The minimum atomic E-state index is -0.0548. The number of carbonyl (C=O) groups is 1. The average molecular weight is 333 g/mol. The van der Waals surface area contributed by atoms with Crippen LogP contribution in [0.3, 0.4) is 0 Å². The normalized spacial score (nSPS) is 17.0. The molecule has 0 spiro atoms. The van der Waals surface area contributed by atoms with Gasteiger partial charge in [0.25, 0.3) is 0 Å². The van der Waals surface area contributed by atoms with Crippen LogP contribution in [-0.2, 0) is 12.8 Å². The number of fused-ring (bicyclic) bond motifs is 1. The molecule has 25 heavy (non-hydrogen) atoms. The lowest BCUT2D eigenvalue weighted by molar-refractivity contribution is 0.104. The van der Waals surface area contributed by atoms with Gasteiger partial charge in [-0.2, -0.15) is 0 Å². The maximum Gasteiger partial charge on any atom is 0.187 e. The number of hydrogen-bond donors (Lipinski definition) is 1. The van der Waals surface area contributed by atoms with E-state index in [1.165, 1.54) is 29.5 Å². The van der Waals surface area contributed by atoms with E-state index in [0.717, 1.165) is 24.1 Å². The first-order valence-electron chi connectivity index (χ1n) is 9.20. The van der Waals surface area contributed by atoms with Crippen molar-refractivity contribution in [1.29, 1.82) is 0 Å². The average Bonchev–Trinajstić information content (AvgIpc) is 2.60. The van der Waals surface area contributed by atoms with Gasteiger partial charge >= 0.3 is 0 Å². The molecule has 1 aliphatic heterocycles. The minimum absolute atomic E-state index is 0.0470. The van der Waals surface area contributed by atoms with Gasteiger partial charge in [0.15, 0.2) is 5.78 Å². The molecule has 0 fully saturated rings. The second-order valence-electron chi connectivity index (χ2n) is 7.57. The number of unbranched alkanes of at least 4 members (excludes halogenated alkanes) is 1. The van der Waals surface area contributed by atoms with E-state index < -0.39 is 0 Å². The van der Waals surface area contributed by atoms with E-state index in [2.05, 4.69) is 44.3 Å². The van der Waals surface area contributed by atoms with Crippen LogP contribution < -0.4 is 5.32 Å². The molecule has 0 atom stereocenters. The minimum Gasteiger partial charge on any atom is -0.379 e. The second kappa shape index (κ2) is 7.26. The lowest BCUT2D eigenvalue weighted by Gasteiger charge is -2.36. The van der Waals surface area contributed by atoms with Crippen LogP contribution >= 0.6 is 0 Å². The number of ketones is 1. The molecule has 0 bridgehead atoms. The topological polar surface area (TPSA) is 29.1 Å². The van der Waals surface area contributed by atoms with Gasteiger partial charge in [-0.25, -0.2) is 0 Å². The summed E-state index contributed by atoms with van der Waals surface area (Å²) in [5.41, 5.74) is 5.46. The maximum atomic E-state index is 12.7. The first-order chi connectivity index (χ1) is 12.0. The van der Waals surface area contributed by atoms with Crippen LogP contribution in [0.4, 0.5) is 0 Å². The zero-order chi connectivity index (χ0) is 17.9. The number of allylic oxidation sites excluding steroid dienone is 1. The molecular formula is C23H27NO. The first-order valence-corrected chi connectivity index (χ1v) is 9.20. The number of rotatable bonds is 5. The molecule has 2 aromatic rings. The molecule has 3 rings (SSSR count). The molecule has 0 saturated carbocycles. The molecule has 0 saturated heterocycles. The number of aryl methyl sites for hydroxylation is 1.